The third-order valence-corrected chi connectivity index (χ3v) is 2.56. The van der Waals surface area contributed by atoms with Crippen LogP contribution in [0.2, 0.25) is 0 Å². The van der Waals surface area contributed by atoms with Crippen molar-refractivity contribution in [1.29, 1.82) is 0 Å². The number of urea groups is 1. The summed E-state index contributed by atoms with van der Waals surface area (Å²) in [6, 6.07) is -0.166. The second kappa shape index (κ2) is 5.28. The summed E-state index contributed by atoms with van der Waals surface area (Å²) in [6.45, 7) is 3.81. The Bertz CT molecular complexity index is 223. The van der Waals surface area contributed by atoms with E-state index in [0.29, 0.717) is 18.9 Å². The molecule has 1 aliphatic carbocycles. The SMILES string of the molecule is CCCN(CC(F)F)C(=O)N[C@H]1C[C@@H]1C. The van der Waals surface area contributed by atoms with Gasteiger partial charge in [0, 0.05) is 12.6 Å². The zero-order chi connectivity index (χ0) is 11.4. The number of rotatable bonds is 5. The van der Waals surface area contributed by atoms with Gasteiger partial charge in [-0.2, -0.15) is 0 Å². The molecule has 88 valence electrons. The van der Waals surface area contributed by atoms with Gasteiger partial charge in [0.1, 0.15) is 0 Å². The molecule has 1 saturated carbocycles. The van der Waals surface area contributed by atoms with Gasteiger partial charge in [0.2, 0.25) is 0 Å². The summed E-state index contributed by atoms with van der Waals surface area (Å²) in [7, 11) is 0. The Labute approximate surface area is 88.8 Å². The number of hydrogen-bond donors (Lipinski definition) is 1. The number of alkyl halides is 2. The number of nitrogens with zero attached hydrogens (tertiary/aromatic N) is 1. The number of nitrogens with one attached hydrogen (secondary N) is 1. The molecule has 0 aromatic heterocycles. The highest BCUT2D eigenvalue weighted by atomic mass is 19.3. The standard InChI is InChI=1S/C10H18F2N2O/c1-3-4-14(6-9(11)12)10(15)13-8-5-7(8)2/h7-9H,3-6H2,1-2H3,(H,13,15)/t7-,8-/m0/s1. The number of amides is 2. The number of hydrogen-bond acceptors (Lipinski definition) is 1. The molecule has 1 N–H and O–H groups in total. The van der Waals surface area contributed by atoms with E-state index in [4.69, 9.17) is 0 Å². The molecule has 5 heteroatoms. The Kier molecular flexibility index (Phi) is 4.29. The Morgan fingerprint density at radius 2 is 2.20 bits per heavy atom. The lowest BCUT2D eigenvalue weighted by Gasteiger charge is -2.22. The van der Waals surface area contributed by atoms with Crippen LogP contribution in [-0.2, 0) is 0 Å². The van der Waals surface area contributed by atoms with Crippen molar-refractivity contribution in [3.63, 3.8) is 0 Å². The van der Waals surface area contributed by atoms with Crippen molar-refractivity contribution < 1.29 is 13.6 Å². The van der Waals surface area contributed by atoms with Gasteiger partial charge in [-0.1, -0.05) is 13.8 Å². The van der Waals surface area contributed by atoms with E-state index >= 15 is 0 Å². The van der Waals surface area contributed by atoms with Crippen LogP contribution in [0.1, 0.15) is 26.7 Å². The minimum atomic E-state index is -2.46. The Balaban J connectivity index is 2.36. The molecule has 0 aromatic carbocycles. The molecule has 1 aliphatic rings. The van der Waals surface area contributed by atoms with Crippen LogP contribution >= 0.6 is 0 Å². The lowest BCUT2D eigenvalue weighted by Crippen LogP contribution is -2.44. The van der Waals surface area contributed by atoms with Gasteiger partial charge in [-0.15, -0.1) is 0 Å². The zero-order valence-corrected chi connectivity index (χ0v) is 9.17. The molecule has 0 unspecified atom stereocenters. The van der Waals surface area contributed by atoms with Gasteiger partial charge in [0.15, 0.2) is 0 Å². The van der Waals surface area contributed by atoms with Crippen LogP contribution in [0.4, 0.5) is 13.6 Å². The molecule has 1 fully saturated rings. The smallest absolute Gasteiger partial charge is 0.317 e. The molecule has 3 nitrogen and oxygen atoms in total. The lowest BCUT2D eigenvalue weighted by atomic mass is 10.4. The van der Waals surface area contributed by atoms with Crippen molar-refractivity contribution in [1.82, 2.24) is 10.2 Å². The minimum Gasteiger partial charge on any atom is -0.335 e. The number of carbonyl (C=O) groups excluding carboxylic acids is 1. The number of halogens is 2. The molecule has 0 radical (unpaired) electrons. The monoisotopic (exact) mass is 220 g/mol. The third kappa shape index (κ3) is 4.01. The first kappa shape index (κ1) is 12.2. The van der Waals surface area contributed by atoms with Crippen LogP contribution in [0.3, 0.4) is 0 Å². The molecule has 0 saturated heterocycles. The van der Waals surface area contributed by atoms with E-state index in [1.165, 1.54) is 4.90 Å². The quantitative estimate of drug-likeness (QED) is 0.756. The van der Waals surface area contributed by atoms with Gasteiger partial charge in [0.05, 0.1) is 6.54 Å². The molecule has 2 atom stereocenters. The Morgan fingerprint density at radius 1 is 1.60 bits per heavy atom. The van der Waals surface area contributed by atoms with Gasteiger partial charge in [-0.25, -0.2) is 13.6 Å². The van der Waals surface area contributed by atoms with Crippen molar-refractivity contribution in [3.8, 4) is 0 Å². The molecular formula is C10H18F2N2O. The van der Waals surface area contributed by atoms with Gasteiger partial charge in [0.25, 0.3) is 6.43 Å². The molecule has 0 heterocycles. The highest BCUT2D eigenvalue weighted by molar-refractivity contribution is 5.74. The van der Waals surface area contributed by atoms with Crippen molar-refractivity contribution in [3.05, 3.63) is 0 Å². The van der Waals surface area contributed by atoms with Gasteiger partial charge in [-0.05, 0) is 18.8 Å². The summed E-state index contributed by atoms with van der Waals surface area (Å²) < 4.78 is 24.4. The normalized spacial score (nSPS) is 24.1. The van der Waals surface area contributed by atoms with Crippen molar-refractivity contribution in [2.75, 3.05) is 13.1 Å². The molecule has 0 spiro atoms. The third-order valence-electron chi connectivity index (χ3n) is 2.56. The van der Waals surface area contributed by atoms with E-state index in [9.17, 15) is 13.6 Å². The maximum Gasteiger partial charge on any atom is 0.317 e. The molecule has 0 bridgehead atoms. The fourth-order valence-electron chi connectivity index (χ4n) is 1.49. The van der Waals surface area contributed by atoms with Crippen LogP contribution < -0.4 is 5.32 Å². The average molecular weight is 220 g/mol. The van der Waals surface area contributed by atoms with E-state index in [0.717, 1.165) is 6.42 Å². The summed E-state index contributed by atoms with van der Waals surface area (Å²) in [5.74, 6) is 0.490. The van der Waals surface area contributed by atoms with Gasteiger partial charge in [-0.3, -0.25) is 0 Å². The molecular weight excluding hydrogens is 202 g/mol. The first-order chi connectivity index (χ1) is 7.04. The highest BCUT2D eigenvalue weighted by Gasteiger charge is 2.35. The summed E-state index contributed by atoms with van der Waals surface area (Å²) in [5.41, 5.74) is 0. The first-order valence-corrected chi connectivity index (χ1v) is 5.38. The summed E-state index contributed by atoms with van der Waals surface area (Å²) in [4.78, 5) is 12.7. The van der Waals surface area contributed by atoms with Crippen molar-refractivity contribution >= 4 is 6.03 Å². The molecule has 15 heavy (non-hydrogen) atoms. The van der Waals surface area contributed by atoms with Crippen LogP contribution in [-0.4, -0.2) is 36.5 Å². The largest absolute Gasteiger partial charge is 0.335 e. The van der Waals surface area contributed by atoms with Crippen LogP contribution in [0.15, 0.2) is 0 Å². The van der Waals surface area contributed by atoms with E-state index in [2.05, 4.69) is 5.32 Å². The summed E-state index contributed by atoms with van der Waals surface area (Å²) in [5, 5.41) is 2.75. The van der Waals surface area contributed by atoms with Gasteiger partial charge >= 0.3 is 6.03 Å². The predicted molar refractivity (Wildman–Crippen MR) is 54.0 cm³/mol. The molecule has 2 amide bonds. The predicted octanol–water partition coefficient (Wildman–Crippen LogP) is 2.08. The second-order valence-corrected chi connectivity index (χ2v) is 4.11. The summed E-state index contributed by atoms with van der Waals surface area (Å²) >= 11 is 0. The number of carbonyl (C=O) groups is 1. The van der Waals surface area contributed by atoms with E-state index in [1.54, 1.807) is 0 Å². The van der Waals surface area contributed by atoms with Crippen molar-refractivity contribution in [2.45, 2.75) is 39.2 Å². The van der Waals surface area contributed by atoms with E-state index in [1.807, 2.05) is 13.8 Å². The minimum absolute atomic E-state index is 0.189. The molecule has 0 aromatic rings. The average Bonchev–Trinajstić information content (AvgIpc) is 2.80. The first-order valence-electron chi connectivity index (χ1n) is 5.38. The molecule has 0 aliphatic heterocycles. The fraction of sp³-hybridized carbons (Fsp3) is 0.900. The van der Waals surface area contributed by atoms with E-state index in [-0.39, 0.29) is 12.1 Å². The van der Waals surface area contributed by atoms with Crippen molar-refractivity contribution in [2.24, 2.45) is 5.92 Å². The van der Waals surface area contributed by atoms with Crippen LogP contribution in [0.25, 0.3) is 0 Å². The Morgan fingerprint density at radius 3 is 2.60 bits per heavy atom. The maximum atomic E-state index is 12.2. The lowest BCUT2D eigenvalue weighted by molar-refractivity contribution is 0.0981. The topological polar surface area (TPSA) is 32.3 Å². The molecule has 1 rings (SSSR count). The second-order valence-electron chi connectivity index (χ2n) is 4.11. The Hall–Kier alpha value is -0.870. The zero-order valence-electron chi connectivity index (χ0n) is 9.17. The van der Waals surface area contributed by atoms with E-state index < -0.39 is 13.0 Å². The fourth-order valence-corrected chi connectivity index (χ4v) is 1.49. The highest BCUT2D eigenvalue weighted by Crippen LogP contribution is 2.29. The van der Waals surface area contributed by atoms with Gasteiger partial charge < -0.3 is 10.2 Å². The summed E-state index contributed by atoms with van der Waals surface area (Å²) in [6.07, 6.45) is -0.806. The van der Waals surface area contributed by atoms with Crippen LogP contribution in [0, 0.1) is 5.92 Å². The van der Waals surface area contributed by atoms with Crippen LogP contribution in [0.5, 0.6) is 0 Å². The maximum absolute atomic E-state index is 12.2.